The van der Waals surface area contributed by atoms with Gasteiger partial charge in [0, 0.05) is 17.6 Å². The number of rotatable bonds is 0. The van der Waals surface area contributed by atoms with E-state index in [2.05, 4.69) is 4.98 Å². The van der Waals surface area contributed by atoms with Gasteiger partial charge in [0.15, 0.2) is 17.3 Å². The van der Waals surface area contributed by atoms with Crippen LogP contribution in [0.15, 0.2) is 24.4 Å². The van der Waals surface area contributed by atoms with Crippen molar-refractivity contribution >= 4 is 10.9 Å². The first-order chi connectivity index (χ1) is 7.75. The molecule has 0 radical (unpaired) electrons. The predicted octanol–water partition coefficient (Wildman–Crippen LogP) is 2.53. The van der Waals surface area contributed by atoms with Crippen LogP contribution in [0.5, 0.6) is 11.5 Å². The summed E-state index contributed by atoms with van der Waals surface area (Å²) >= 11 is 0. The van der Waals surface area contributed by atoms with Crippen LogP contribution in [0.3, 0.4) is 0 Å². The zero-order valence-electron chi connectivity index (χ0n) is 8.74. The summed E-state index contributed by atoms with van der Waals surface area (Å²) in [5, 5.41) is 0.657. The fourth-order valence-electron chi connectivity index (χ4n) is 1.83. The lowest BCUT2D eigenvalue weighted by atomic mass is 10.1. The molecule has 0 aliphatic carbocycles. The van der Waals surface area contributed by atoms with Gasteiger partial charge in [-0.2, -0.15) is 0 Å². The van der Waals surface area contributed by atoms with Crippen molar-refractivity contribution in [1.29, 1.82) is 0 Å². The molecule has 4 heteroatoms. The van der Waals surface area contributed by atoms with Gasteiger partial charge in [-0.05, 0) is 19.1 Å². The Morgan fingerprint density at radius 3 is 3.25 bits per heavy atom. The van der Waals surface area contributed by atoms with Crippen LogP contribution in [0.25, 0.3) is 10.9 Å². The van der Waals surface area contributed by atoms with Gasteiger partial charge in [0.1, 0.15) is 18.2 Å². The van der Waals surface area contributed by atoms with E-state index in [0.717, 1.165) is 0 Å². The topological polar surface area (TPSA) is 31.4 Å². The molecule has 0 N–H and O–H groups in total. The Bertz CT molecular complexity index is 556. The average Bonchev–Trinajstić information content (AvgIpc) is 2.31. The summed E-state index contributed by atoms with van der Waals surface area (Å²) in [5.74, 6) is 0.659. The van der Waals surface area contributed by atoms with Crippen molar-refractivity contribution in [3.8, 4) is 11.5 Å². The maximum Gasteiger partial charge on any atom is 0.171 e. The molecule has 2 heterocycles. The molecule has 0 saturated carbocycles. The van der Waals surface area contributed by atoms with Crippen molar-refractivity contribution in [3.05, 3.63) is 30.2 Å². The molecule has 1 aliphatic heterocycles. The molecule has 1 atom stereocenters. The van der Waals surface area contributed by atoms with Crippen LogP contribution in [0.1, 0.15) is 6.92 Å². The fourth-order valence-corrected chi connectivity index (χ4v) is 1.83. The highest BCUT2D eigenvalue weighted by Crippen LogP contribution is 2.39. The SMILES string of the molecule is C[C@@H]1COc2cc(F)c3ncccc3c2O1. The highest BCUT2D eigenvalue weighted by Gasteiger charge is 2.22. The molecule has 0 unspecified atom stereocenters. The average molecular weight is 219 g/mol. The predicted molar refractivity (Wildman–Crippen MR) is 57.3 cm³/mol. The lowest BCUT2D eigenvalue weighted by Gasteiger charge is -2.25. The van der Waals surface area contributed by atoms with Crippen LogP contribution in [0.4, 0.5) is 4.39 Å². The van der Waals surface area contributed by atoms with Gasteiger partial charge in [0.25, 0.3) is 0 Å². The Labute approximate surface area is 91.8 Å². The van der Waals surface area contributed by atoms with Gasteiger partial charge in [0.05, 0.1) is 0 Å². The summed E-state index contributed by atoms with van der Waals surface area (Å²) < 4.78 is 24.8. The first-order valence-electron chi connectivity index (χ1n) is 5.12. The minimum Gasteiger partial charge on any atom is -0.486 e. The van der Waals surface area contributed by atoms with Gasteiger partial charge in [-0.1, -0.05) is 0 Å². The number of nitrogens with zero attached hydrogens (tertiary/aromatic N) is 1. The molecule has 3 nitrogen and oxygen atoms in total. The van der Waals surface area contributed by atoms with E-state index in [0.29, 0.717) is 29.0 Å². The summed E-state index contributed by atoms with van der Waals surface area (Å²) in [6.45, 7) is 2.35. The molecule has 0 saturated heterocycles. The monoisotopic (exact) mass is 219 g/mol. The Morgan fingerprint density at radius 1 is 1.50 bits per heavy atom. The molecule has 0 fully saturated rings. The number of fused-ring (bicyclic) bond motifs is 3. The van der Waals surface area contributed by atoms with Crippen molar-refractivity contribution in [2.45, 2.75) is 13.0 Å². The van der Waals surface area contributed by atoms with Crippen molar-refractivity contribution in [1.82, 2.24) is 4.98 Å². The molecule has 82 valence electrons. The van der Waals surface area contributed by atoms with Crippen LogP contribution >= 0.6 is 0 Å². The van der Waals surface area contributed by atoms with E-state index in [1.807, 2.05) is 6.92 Å². The number of aromatic nitrogens is 1. The standard InChI is InChI=1S/C12H10FNO2/c1-7-6-15-10-5-9(13)11-8(12(10)16-7)3-2-4-14-11/h2-5,7H,6H2,1H3/t7-/m1/s1. The number of hydrogen-bond acceptors (Lipinski definition) is 3. The quantitative estimate of drug-likeness (QED) is 0.682. The largest absolute Gasteiger partial charge is 0.486 e. The molecule has 2 aromatic rings. The highest BCUT2D eigenvalue weighted by molar-refractivity contribution is 5.88. The second-order valence-corrected chi connectivity index (χ2v) is 3.82. The molecule has 1 aromatic carbocycles. The van der Waals surface area contributed by atoms with Crippen LogP contribution < -0.4 is 9.47 Å². The summed E-state index contributed by atoms with van der Waals surface area (Å²) in [5.41, 5.74) is 0.318. The van der Waals surface area contributed by atoms with Gasteiger partial charge >= 0.3 is 0 Å². The Morgan fingerprint density at radius 2 is 2.38 bits per heavy atom. The van der Waals surface area contributed by atoms with E-state index >= 15 is 0 Å². The second-order valence-electron chi connectivity index (χ2n) is 3.82. The minimum atomic E-state index is -0.382. The first-order valence-corrected chi connectivity index (χ1v) is 5.12. The van der Waals surface area contributed by atoms with E-state index in [1.165, 1.54) is 6.07 Å². The number of benzene rings is 1. The molecule has 0 bridgehead atoms. The third kappa shape index (κ3) is 1.30. The molecule has 0 amide bonds. The van der Waals surface area contributed by atoms with E-state index in [4.69, 9.17) is 9.47 Å². The maximum atomic E-state index is 13.7. The number of ether oxygens (including phenoxy) is 2. The van der Waals surface area contributed by atoms with Gasteiger partial charge < -0.3 is 9.47 Å². The smallest absolute Gasteiger partial charge is 0.171 e. The summed E-state index contributed by atoms with van der Waals surface area (Å²) in [6, 6.07) is 4.87. The van der Waals surface area contributed by atoms with Crippen LogP contribution in [-0.4, -0.2) is 17.7 Å². The Kier molecular flexibility index (Phi) is 1.96. The summed E-state index contributed by atoms with van der Waals surface area (Å²) in [4.78, 5) is 4.00. The van der Waals surface area contributed by atoms with E-state index in [9.17, 15) is 4.39 Å². The number of halogens is 1. The zero-order chi connectivity index (χ0) is 11.1. The summed E-state index contributed by atoms with van der Waals surface area (Å²) in [7, 11) is 0. The van der Waals surface area contributed by atoms with Crippen LogP contribution in [-0.2, 0) is 0 Å². The van der Waals surface area contributed by atoms with Crippen molar-refractivity contribution in [3.63, 3.8) is 0 Å². The molecule has 16 heavy (non-hydrogen) atoms. The lowest BCUT2D eigenvalue weighted by molar-refractivity contribution is 0.106. The van der Waals surface area contributed by atoms with E-state index < -0.39 is 0 Å². The number of pyridine rings is 1. The first kappa shape index (κ1) is 9.39. The molecule has 1 aromatic heterocycles. The fraction of sp³-hybridized carbons (Fsp3) is 0.250. The zero-order valence-corrected chi connectivity index (χ0v) is 8.74. The number of hydrogen-bond donors (Lipinski definition) is 0. The molecular weight excluding hydrogens is 209 g/mol. The van der Waals surface area contributed by atoms with Gasteiger partial charge in [-0.25, -0.2) is 4.39 Å². The third-order valence-corrected chi connectivity index (χ3v) is 2.55. The third-order valence-electron chi connectivity index (χ3n) is 2.55. The van der Waals surface area contributed by atoms with E-state index in [1.54, 1.807) is 18.3 Å². The molecule has 0 spiro atoms. The Balaban J connectivity index is 2.33. The van der Waals surface area contributed by atoms with Crippen molar-refractivity contribution in [2.24, 2.45) is 0 Å². The van der Waals surface area contributed by atoms with Crippen LogP contribution in [0.2, 0.25) is 0 Å². The minimum absolute atomic E-state index is 0.0265. The summed E-state index contributed by atoms with van der Waals surface area (Å²) in [6.07, 6.45) is 1.53. The maximum absolute atomic E-state index is 13.7. The normalized spacial score (nSPS) is 18.8. The molecule has 1 aliphatic rings. The van der Waals surface area contributed by atoms with Crippen LogP contribution in [0, 0.1) is 5.82 Å². The van der Waals surface area contributed by atoms with Gasteiger partial charge in [-0.3, -0.25) is 4.98 Å². The lowest BCUT2D eigenvalue weighted by Crippen LogP contribution is -2.26. The second kappa shape index (κ2) is 3.33. The van der Waals surface area contributed by atoms with Crippen molar-refractivity contribution < 1.29 is 13.9 Å². The van der Waals surface area contributed by atoms with E-state index in [-0.39, 0.29) is 11.9 Å². The van der Waals surface area contributed by atoms with Crippen molar-refractivity contribution in [2.75, 3.05) is 6.61 Å². The molecule has 3 rings (SSSR count). The highest BCUT2D eigenvalue weighted by atomic mass is 19.1. The van der Waals surface area contributed by atoms with Gasteiger partial charge in [0.2, 0.25) is 0 Å². The molecular formula is C12H10FNO2. The van der Waals surface area contributed by atoms with Gasteiger partial charge in [-0.15, -0.1) is 0 Å². The Hall–Kier alpha value is -1.84.